The molecule has 0 aliphatic rings. The van der Waals surface area contributed by atoms with Crippen LogP contribution in [-0.2, 0) is 0 Å². The largest absolute Gasteiger partial charge is 0.245 e. The molecule has 4 aromatic heterocycles. The van der Waals surface area contributed by atoms with E-state index in [-0.39, 0.29) is 0 Å². The molecule has 0 saturated carbocycles. The molecular formula is C46H28N6. The summed E-state index contributed by atoms with van der Waals surface area (Å²) in [4.78, 5) is 30.2. The highest BCUT2D eigenvalue weighted by Gasteiger charge is 2.16. The van der Waals surface area contributed by atoms with Crippen molar-refractivity contribution >= 4 is 43.6 Å². The molecule has 0 amide bonds. The minimum absolute atomic E-state index is 0.609. The van der Waals surface area contributed by atoms with E-state index >= 15 is 0 Å². The molecule has 0 N–H and O–H groups in total. The average molecular weight is 665 g/mol. The molecular weight excluding hydrogens is 637 g/mol. The van der Waals surface area contributed by atoms with Gasteiger partial charge in [-0.2, -0.15) is 0 Å². The molecule has 10 aromatic rings. The first-order valence-corrected chi connectivity index (χ1v) is 17.2. The molecule has 242 valence electrons. The van der Waals surface area contributed by atoms with Crippen molar-refractivity contribution in [3.05, 3.63) is 170 Å². The third-order valence-electron chi connectivity index (χ3n) is 9.50. The van der Waals surface area contributed by atoms with Gasteiger partial charge in [-0.25, -0.2) is 29.9 Å². The lowest BCUT2D eigenvalue weighted by molar-refractivity contribution is 1.07. The molecule has 0 radical (unpaired) electrons. The Morgan fingerprint density at radius 2 is 0.769 bits per heavy atom. The lowest BCUT2D eigenvalue weighted by atomic mass is 9.99. The predicted molar refractivity (Wildman–Crippen MR) is 210 cm³/mol. The second-order valence-electron chi connectivity index (χ2n) is 12.8. The number of hydrogen-bond donors (Lipinski definition) is 0. The van der Waals surface area contributed by atoms with Crippen LogP contribution in [0.2, 0.25) is 0 Å². The smallest absolute Gasteiger partial charge is 0.164 e. The molecule has 0 unspecified atom stereocenters. The summed E-state index contributed by atoms with van der Waals surface area (Å²) in [5, 5.41) is 5.24. The van der Waals surface area contributed by atoms with Crippen molar-refractivity contribution < 1.29 is 0 Å². The van der Waals surface area contributed by atoms with Crippen molar-refractivity contribution in [3.8, 4) is 56.7 Å². The minimum Gasteiger partial charge on any atom is -0.245 e. The normalized spacial score (nSPS) is 11.5. The molecule has 6 heteroatoms. The minimum atomic E-state index is 0.609. The van der Waals surface area contributed by atoms with Crippen LogP contribution in [0.25, 0.3) is 100 Å². The number of pyridine rings is 3. The standard InChI is InChI=1S/C46H28N6/c1-4-12-29(13-5-1)39-27-26-31-22-25-35-28-38-36-18-10-11-19-37(36)40(48-46(38)49-42(35)41(31)47-39)30-20-23-34(24-21-30)45-51-43(32-14-6-2-7-15-32)50-44(52-45)33-16-8-3-9-17-33/h1-28H. The van der Waals surface area contributed by atoms with E-state index in [0.717, 1.165) is 77.2 Å². The van der Waals surface area contributed by atoms with Gasteiger partial charge in [-0.15, -0.1) is 0 Å². The Morgan fingerprint density at radius 3 is 1.40 bits per heavy atom. The third kappa shape index (κ3) is 5.22. The van der Waals surface area contributed by atoms with Crippen molar-refractivity contribution in [1.82, 2.24) is 29.9 Å². The number of rotatable bonds is 5. The molecule has 0 bridgehead atoms. The van der Waals surface area contributed by atoms with Gasteiger partial charge in [0.1, 0.15) is 0 Å². The Morgan fingerprint density at radius 1 is 0.288 bits per heavy atom. The molecule has 0 fully saturated rings. The van der Waals surface area contributed by atoms with Gasteiger partial charge in [-0.05, 0) is 17.5 Å². The summed E-state index contributed by atoms with van der Waals surface area (Å²) in [7, 11) is 0. The first kappa shape index (κ1) is 29.7. The molecule has 52 heavy (non-hydrogen) atoms. The van der Waals surface area contributed by atoms with Crippen LogP contribution in [0.3, 0.4) is 0 Å². The van der Waals surface area contributed by atoms with Gasteiger partial charge in [0, 0.05) is 49.4 Å². The monoisotopic (exact) mass is 664 g/mol. The van der Waals surface area contributed by atoms with Gasteiger partial charge in [0.05, 0.1) is 22.4 Å². The number of hydrogen-bond acceptors (Lipinski definition) is 6. The molecule has 4 heterocycles. The van der Waals surface area contributed by atoms with E-state index in [2.05, 4.69) is 91.0 Å². The van der Waals surface area contributed by atoms with Crippen LogP contribution in [0.15, 0.2) is 170 Å². The summed E-state index contributed by atoms with van der Waals surface area (Å²) in [5.74, 6) is 1.87. The lowest BCUT2D eigenvalue weighted by Crippen LogP contribution is -2.00. The Bertz CT molecular complexity index is 2870. The fourth-order valence-electron chi connectivity index (χ4n) is 6.89. The molecule has 0 atom stereocenters. The van der Waals surface area contributed by atoms with Crippen LogP contribution >= 0.6 is 0 Å². The summed E-state index contributed by atoms with van der Waals surface area (Å²) in [6.45, 7) is 0. The van der Waals surface area contributed by atoms with Crippen LogP contribution in [0.4, 0.5) is 0 Å². The van der Waals surface area contributed by atoms with Crippen LogP contribution in [0.1, 0.15) is 0 Å². The molecule has 0 aliphatic carbocycles. The summed E-state index contributed by atoms with van der Waals surface area (Å²) in [5.41, 5.74) is 8.98. The summed E-state index contributed by atoms with van der Waals surface area (Å²) < 4.78 is 0. The first-order chi connectivity index (χ1) is 25.7. The number of fused-ring (bicyclic) bond motifs is 6. The van der Waals surface area contributed by atoms with Gasteiger partial charge in [0.2, 0.25) is 0 Å². The Balaban J connectivity index is 1.11. The lowest BCUT2D eigenvalue weighted by Gasteiger charge is -2.12. The highest BCUT2D eigenvalue weighted by Crippen LogP contribution is 2.36. The van der Waals surface area contributed by atoms with Gasteiger partial charge in [0.25, 0.3) is 0 Å². The van der Waals surface area contributed by atoms with Crippen molar-refractivity contribution in [2.75, 3.05) is 0 Å². The molecule has 10 rings (SSSR count). The Kier molecular flexibility index (Phi) is 7.03. The van der Waals surface area contributed by atoms with E-state index in [0.29, 0.717) is 23.1 Å². The topological polar surface area (TPSA) is 77.3 Å². The third-order valence-corrected chi connectivity index (χ3v) is 9.50. The fraction of sp³-hybridized carbons (Fsp3) is 0. The van der Waals surface area contributed by atoms with Crippen molar-refractivity contribution in [2.24, 2.45) is 0 Å². The zero-order chi connectivity index (χ0) is 34.4. The van der Waals surface area contributed by atoms with E-state index in [1.54, 1.807) is 0 Å². The molecule has 6 aromatic carbocycles. The Labute approximate surface area is 299 Å². The zero-order valence-electron chi connectivity index (χ0n) is 27.8. The van der Waals surface area contributed by atoms with Crippen molar-refractivity contribution in [3.63, 3.8) is 0 Å². The number of benzene rings is 6. The highest BCUT2D eigenvalue weighted by atomic mass is 15.0. The average Bonchev–Trinajstić information content (AvgIpc) is 3.23. The SMILES string of the molecule is c1ccc(-c2ccc3ccc4cc5c(nc(-c6ccc(-c7nc(-c8ccccc8)nc(-c8ccccc8)n7)cc6)c6ccccc65)nc4c3n2)cc1. The first-order valence-electron chi connectivity index (χ1n) is 17.2. The van der Waals surface area contributed by atoms with Gasteiger partial charge >= 0.3 is 0 Å². The fourth-order valence-corrected chi connectivity index (χ4v) is 6.89. The van der Waals surface area contributed by atoms with E-state index < -0.39 is 0 Å². The van der Waals surface area contributed by atoms with Crippen LogP contribution in [0.5, 0.6) is 0 Å². The second kappa shape index (κ2) is 12.3. The molecule has 0 spiro atoms. The van der Waals surface area contributed by atoms with E-state index in [1.165, 1.54) is 0 Å². The molecule has 0 aliphatic heterocycles. The maximum atomic E-state index is 5.24. The quantitative estimate of drug-likeness (QED) is 0.135. The van der Waals surface area contributed by atoms with Crippen LogP contribution < -0.4 is 0 Å². The van der Waals surface area contributed by atoms with E-state index in [1.807, 2.05) is 78.9 Å². The number of aromatic nitrogens is 6. The summed E-state index contributed by atoms with van der Waals surface area (Å²) >= 11 is 0. The zero-order valence-corrected chi connectivity index (χ0v) is 27.8. The summed E-state index contributed by atoms with van der Waals surface area (Å²) in [6.07, 6.45) is 0. The Hall–Kier alpha value is -7.18. The van der Waals surface area contributed by atoms with E-state index in [9.17, 15) is 0 Å². The van der Waals surface area contributed by atoms with Crippen molar-refractivity contribution in [2.45, 2.75) is 0 Å². The number of nitrogens with zero attached hydrogens (tertiary/aromatic N) is 6. The molecule has 0 saturated heterocycles. The van der Waals surface area contributed by atoms with Gasteiger partial charge in [0.15, 0.2) is 23.1 Å². The van der Waals surface area contributed by atoms with Crippen LogP contribution in [-0.4, -0.2) is 29.9 Å². The summed E-state index contributed by atoms with van der Waals surface area (Å²) in [6, 6.07) is 57.7. The molecule has 6 nitrogen and oxygen atoms in total. The van der Waals surface area contributed by atoms with Gasteiger partial charge in [-0.3, -0.25) is 0 Å². The van der Waals surface area contributed by atoms with E-state index in [4.69, 9.17) is 29.9 Å². The van der Waals surface area contributed by atoms with Gasteiger partial charge in [-0.1, -0.05) is 158 Å². The predicted octanol–water partition coefficient (Wildman–Crippen LogP) is 11.0. The maximum Gasteiger partial charge on any atom is 0.164 e. The van der Waals surface area contributed by atoms with Crippen LogP contribution in [0, 0.1) is 0 Å². The van der Waals surface area contributed by atoms with Crippen molar-refractivity contribution in [1.29, 1.82) is 0 Å². The maximum absolute atomic E-state index is 5.24. The highest BCUT2D eigenvalue weighted by molar-refractivity contribution is 6.15. The second-order valence-corrected chi connectivity index (χ2v) is 12.8. The van der Waals surface area contributed by atoms with Gasteiger partial charge < -0.3 is 0 Å².